The van der Waals surface area contributed by atoms with E-state index in [0.717, 1.165) is 39.0 Å². The molecule has 2 rings (SSSR count). The molecule has 2 saturated heterocycles. The molecule has 1 unspecified atom stereocenters. The third-order valence-electron chi connectivity index (χ3n) is 3.87. The molecule has 0 spiro atoms. The lowest BCUT2D eigenvalue weighted by Gasteiger charge is -2.29. The van der Waals surface area contributed by atoms with Crippen molar-refractivity contribution in [2.24, 2.45) is 5.92 Å². The SMILES string of the molecule is CC1CN(CC2CCS(=O)(=O)CC2)CCCN1. The molecule has 0 saturated carbocycles. The van der Waals surface area contributed by atoms with Crippen LogP contribution in [0.2, 0.25) is 0 Å². The first-order chi connectivity index (χ1) is 8.05. The van der Waals surface area contributed by atoms with E-state index >= 15 is 0 Å². The summed E-state index contributed by atoms with van der Waals surface area (Å²) in [6.45, 7) is 6.67. The van der Waals surface area contributed by atoms with Crippen LogP contribution in [-0.2, 0) is 9.84 Å². The topological polar surface area (TPSA) is 49.4 Å². The van der Waals surface area contributed by atoms with E-state index in [1.807, 2.05) is 0 Å². The van der Waals surface area contributed by atoms with Crippen molar-refractivity contribution in [3.05, 3.63) is 0 Å². The second-order valence-electron chi connectivity index (χ2n) is 5.56. The predicted octanol–water partition coefficient (Wildman–Crippen LogP) is 0.495. The van der Waals surface area contributed by atoms with Crippen molar-refractivity contribution >= 4 is 9.84 Å². The molecule has 4 nitrogen and oxygen atoms in total. The summed E-state index contributed by atoms with van der Waals surface area (Å²) in [5.41, 5.74) is 0. The Kier molecular flexibility index (Phi) is 4.44. The van der Waals surface area contributed by atoms with Crippen molar-refractivity contribution in [1.82, 2.24) is 10.2 Å². The van der Waals surface area contributed by atoms with Gasteiger partial charge in [0.05, 0.1) is 11.5 Å². The molecule has 0 aliphatic carbocycles. The highest BCUT2D eigenvalue weighted by Gasteiger charge is 2.25. The van der Waals surface area contributed by atoms with E-state index in [0.29, 0.717) is 23.5 Å². The third-order valence-corrected chi connectivity index (χ3v) is 5.58. The fourth-order valence-corrected chi connectivity index (χ4v) is 4.44. The summed E-state index contributed by atoms with van der Waals surface area (Å²) in [4.78, 5) is 2.51. The molecular formula is C12H24N2O2S. The summed E-state index contributed by atoms with van der Waals surface area (Å²) in [6.07, 6.45) is 2.93. The maximum atomic E-state index is 11.4. The lowest BCUT2D eigenvalue weighted by atomic mass is 10.0. The van der Waals surface area contributed by atoms with Gasteiger partial charge in [-0.25, -0.2) is 8.42 Å². The van der Waals surface area contributed by atoms with E-state index in [1.165, 1.54) is 6.42 Å². The first kappa shape index (κ1) is 13.3. The Balaban J connectivity index is 1.80. The average Bonchev–Trinajstić information content (AvgIpc) is 2.46. The highest BCUT2D eigenvalue weighted by Crippen LogP contribution is 2.20. The van der Waals surface area contributed by atoms with Crippen LogP contribution in [0.5, 0.6) is 0 Å². The predicted molar refractivity (Wildman–Crippen MR) is 69.9 cm³/mol. The zero-order chi connectivity index (χ0) is 12.3. The van der Waals surface area contributed by atoms with Gasteiger partial charge in [0.25, 0.3) is 0 Å². The average molecular weight is 260 g/mol. The Hall–Kier alpha value is -0.130. The third kappa shape index (κ3) is 4.23. The smallest absolute Gasteiger partial charge is 0.150 e. The molecule has 100 valence electrons. The van der Waals surface area contributed by atoms with Crippen molar-refractivity contribution < 1.29 is 8.42 Å². The van der Waals surface area contributed by atoms with Gasteiger partial charge >= 0.3 is 0 Å². The second kappa shape index (κ2) is 5.67. The first-order valence-corrected chi connectivity index (χ1v) is 8.53. The number of sulfone groups is 1. The Labute approximate surface area is 105 Å². The molecule has 0 aromatic carbocycles. The highest BCUT2D eigenvalue weighted by atomic mass is 32.2. The van der Waals surface area contributed by atoms with Crippen LogP contribution in [0, 0.1) is 5.92 Å². The van der Waals surface area contributed by atoms with Gasteiger partial charge in [-0.15, -0.1) is 0 Å². The van der Waals surface area contributed by atoms with Crippen LogP contribution in [0.25, 0.3) is 0 Å². The monoisotopic (exact) mass is 260 g/mol. The minimum absolute atomic E-state index is 0.402. The summed E-state index contributed by atoms with van der Waals surface area (Å²) in [7, 11) is -2.71. The molecule has 1 atom stereocenters. The summed E-state index contributed by atoms with van der Waals surface area (Å²) < 4.78 is 22.7. The van der Waals surface area contributed by atoms with Crippen molar-refractivity contribution in [2.45, 2.75) is 32.2 Å². The fraction of sp³-hybridized carbons (Fsp3) is 1.00. The zero-order valence-electron chi connectivity index (χ0n) is 10.7. The first-order valence-electron chi connectivity index (χ1n) is 6.71. The van der Waals surface area contributed by atoms with Crippen molar-refractivity contribution in [3.8, 4) is 0 Å². The van der Waals surface area contributed by atoms with E-state index in [-0.39, 0.29) is 0 Å². The van der Waals surface area contributed by atoms with E-state index < -0.39 is 9.84 Å². The zero-order valence-corrected chi connectivity index (χ0v) is 11.5. The molecule has 2 fully saturated rings. The lowest BCUT2D eigenvalue weighted by molar-refractivity contribution is 0.221. The quantitative estimate of drug-likeness (QED) is 0.785. The Morgan fingerprint density at radius 2 is 2.00 bits per heavy atom. The number of nitrogens with zero attached hydrogens (tertiary/aromatic N) is 1. The van der Waals surface area contributed by atoms with E-state index in [4.69, 9.17) is 0 Å². The van der Waals surface area contributed by atoms with Crippen LogP contribution in [0.15, 0.2) is 0 Å². The molecule has 2 aliphatic rings. The number of hydrogen-bond acceptors (Lipinski definition) is 4. The molecule has 0 bridgehead atoms. The van der Waals surface area contributed by atoms with E-state index in [9.17, 15) is 8.42 Å². The molecule has 0 amide bonds. The van der Waals surface area contributed by atoms with Crippen LogP contribution in [0.4, 0.5) is 0 Å². The van der Waals surface area contributed by atoms with Crippen LogP contribution in [0.3, 0.4) is 0 Å². The number of nitrogens with one attached hydrogen (secondary N) is 1. The van der Waals surface area contributed by atoms with Gasteiger partial charge in [-0.05, 0) is 45.2 Å². The molecule has 0 aromatic rings. The van der Waals surface area contributed by atoms with Gasteiger partial charge in [0, 0.05) is 19.1 Å². The summed E-state index contributed by atoms with van der Waals surface area (Å²) in [5, 5.41) is 3.49. The van der Waals surface area contributed by atoms with Gasteiger partial charge in [0.1, 0.15) is 9.84 Å². The lowest BCUT2D eigenvalue weighted by Crippen LogP contribution is -2.39. The Morgan fingerprint density at radius 1 is 1.29 bits per heavy atom. The van der Waals surface area contributed by atoms with Crippen LogP contribution in [0.1, 0.15) is 26.2 Å². The van der Waals surface area contributed by atoms with Crippen LogP contribution < -0.4 is 5.32 Å². The van der Waals surface area contributed by atoms with Gasteiger partial charge in [-0.2, -0.15) is 0 Å². The summed E-state index contributed by atoms with van der Waals surface area (Å²) in [5.74, 6) is 1.39. The molecule has 2 aliphatic heterocycles. The normalized spacial score (nSPS) is 32.2. The Bertz CT molecular complexity index is 328. The van der Waals surface area contributed by atoms with E-state index in [1.54, 1.807) is 0 Å². The van der Waals surface area contributed by atoms with Crippen molar-refractivity contribution in [3.63, 3.8) is 0 Å². The second-order valence-corrected chi connectivity index (χ2v) is 7.87. The van der Waals surface area contributed by atoms with Crippen molar-refractivity contribution in [1.29, 1.82) is 0 Å². The van der Waals surface area contributed by atoms with Crippen molar-refractivity contribution in [2.75, 3.05) is 37.7 Å². The fourth-order valence-electron chi connectivity index (χ4n) is 2.85. The maximum Gasteiger partial charge on any atom is 0.150 e. The standard InChI is InChI=1S/C12H24N2O2S/c1-11-9-14(6-2-5-13-11)10-12-3-7-17(15,16)8-4-12/h11-13H,2-10H2,1H3. The minimum atomic E-state index is -2.71. The van der Waals surface area contributed by atoms with Gasteiger partial charge in [0.2, 0.25) is 0 Å². The molecule has 0 radical (unpaired) electrons. The molecule has 0 aromatic heterocycles. The van der Waals surface area contributed by atoms with Gasteiger partial charge in [-0.1, -0.05) is 0 Å². The minimum Gasteiger partial charge on any atom is -0.313 e. The summed E-state index contributed by atoms with van der Waals surface area (Å²) >= 11 is 0. The molecule has 17 heavy (non-hydrogen) atoms. The largest absolute Gasteiger partial charge is 0.313 e. The maximum absolute atomic E-state index is 11.4. The molecule has 5 heteroatoms. The molecular weight excluding hydrogens is 236 g/mol. The van der Waals surface area contributed by atoms with Crippen LogP contribution in [-0.4, -0.2) is 57.0 Å². The summed E-state index contributed by atoms with van der Waals surface area (Å²) in [6, 6.07) is 0.560. The molecule has 1 N–H and O–H groups in total. The number of hydrogen-bond donors (Lipinski definition) is 1. The van der Waals surface area contributed by atoms with Gasteiger partial charge in [-0.3, -0.25) is 0 Å². The van der Waals surface area contributed by atoms with Crippen LogP contribution >= 0.6 is 0 Å². The Morgan fingerprint density at radius 3 is 2.71 bits per heavy atom. The van der Waals surface area contributed by atoms with E-state index in [2.05, 4.69) is 17.1 Å². The van der Waals surface area contributed by atoms with Gasteiger partial charge in [0.15, 0.2) is 0 Å². The molecule has 2 heterocycles. The number of rotatable bonds is 2. The van der Waals surface area contributed by atoms with Gasteiger partial charge < -0.3 is 10.2 Å². The highest BCUT2D eigenvalue weighted by molar-refractivity contribution is 7.91.